The van der Waals surface area contributed by atoms with Gasteiger partial charge in [0.15, 0.2) is 0 Å². The van der Waals surface area contributed by atoms with Gasteiger partial charge in [-0.2, -0.15) is 13.9 Å². The van der Waals surface area contributed by atoms with Crippen LogP contribution in [-0.2, 0) is 11.5 Å². The molecular weight excluding hydrogens is 260 g/mol. The van der Waals surface area contributed by atoms with E-state index in [-0.39, 0.29) is 11.3 Å². The molecule has 2 atom stereocenters. The second-order valence-corrected chi connectivity index (χ2v) is 6.23. The van der Waals surface area contributed by atoms with E-state index >= 15 is 0 Å². The molecule has 1 aromatic heterocycles. The van der Waals surface area contributed by atoms with E-state index in [4.69, 9.17) is 0 Å². The van der Waals surface area contributed by atoms with Crippen molar-refractivity contribution in [1.82, 2.24) is 9.78 Å². The molecule has 0 unspecified atom stereocenters. The third-order valence-corrected chi connectivity index (χ3v) is 3.89. The minimum atomic E-state index is -3.12. The Labute approximate surface area is 109 Å². The molecule has 0 radical (unpaired) electrons. The van der Waals surface area contributed by atoms with E-state index in [0.717, 1.165) is 4.68 Å². The lowest BCUT2D eigenvalue weighted by Gasteiger charge is -2.26. The molecule has 0 aromatic carbocycles. The summed E-state index contributed by atoms with van der Waals surface area (Å²) < 4.78 is 55.9. The number of rotatable bonds is 1. The summed E-state index contributed by atoms with van der Waals surface area (Å²) in [5.74, 6) is -4.74. The molecule has 1 aliphatic rings. The Morgan fingerprint density at radius 2 is 1.74 bits per heavy atom. The van der Waals surface area contributed by atoms with Gasteiger partial charge in [-0.3, -0.25) is 4.68 Å². The molecule has 108 valence electrons. The predicted molar refractivity (Wildman–Crippen MR) is 63.7 cm³/mol. The molecule has 0 saturated heterocycles. The molecule has 19 heavy (non-hydrogen) atoms. The summed E-state index contributed by atoms with van der Waals surface area (Å²) >= 11 is 0. The van der Waals surface area contributed by atoms with Gasteiger partial charge in [0.1, 0.15) is 11.4 Å². The number of halogens is 4. The fraction of sp³-hybridized carbons (Fsp3) is 0.769. The van der Waals surface area contributed by atoms with Crippen LogP contribution in [0.4, 0.5) is 17.6 Å². The quantitative estimate of drug-likeness (QED) is 0.695. The minimum absolute atomic E-state index is 0.0300. The van der Waals surface area contributed by atoms with Crippen molar-refractivity contribution < 1.29 is 17.6 Å². The van der Waals surface area contributed by atoms with E-state index in [1.54, 1.807) is 27.7 Å². The highest BCUT2D eigenvalue weighted by atomic mass is 19.3. The van der Waals surface area contributed by atoms with Crippen LogP contribution in [0.15, 0.2) is 0 Å². The van der Waals surface area contributed by atoms with Gasteiger partial charge in [-0.05, 0) is 26.7 Å². The summed E-state index contributed by atoms with van der Waals surface area (Å²) in [6, 6.07) is 0. The highest BCUT2D eigenvalue weighted by Crippen LogP contribution is 2.55. The first-order valence-corrected chi connectivity index (χ1v) is 6.29. The molecule has 1 aromatic rings. The van der Waals surface area contributed by atoms with Gasteiger partial charge in [0.25, 0.3) is 12.3 Å². The van der Waals surface area contributed by atoms with E-state index < -0.39 is 35.4 Å². The zero-order chi connectivity index (χ0) is 14.7. The summed E-state index contributed by atoms with van der Waals surface area (Å²) in [6.45, 7) is 8.00. The van der Waals surface area contributed by atoms with E-state index in [1.807, 2.05) is 0 Å². The Morgan fingerprint density at radius 1 is 1.21 bits per heavy atom. The first kappa shape index (κ1) is 14.3. The molecule has 0 aliphatic heterocycles. The van der Waals surface area contributed by atoms with Crippen molar-refractivity contribution >= 4 is 0 Å². The van der Waals surface area contributed by atoms with Crippen LogP contribution in [0.5, 0.6) is 0 Å². The van der Waals surface area contributed by atoms with E-state index in [2.05, 4.69) is 5.10 Å². The Balaban J connectivity index is 2.77. The maximum absolute atomic E-state index is 14.3. The third-order valence-electron chi connectivity index (χ3n) is 3.89. The van der Waals surface area contributed by atoms with Crippen LogP contribution in [0.25, 0.3) is 0 Å². The minimum Gasteiger partial charge on any atom is -0.257 e. The number of aromatic nitrogens is 2. The first-order valence-electron chi connectivity index (χ1n) is 6.29. The smallest absolute Gasteiger partial charge is 0.257 e. The van der Waals surface area contributed by atoms with Crippen molar-refractivity contribution in [3.8, 4) is 0 Å². The van der Waals surface area contributed by atoms with Crippen molar-refractivity contribution in [3.63, 3.8) is 0 Å². The molecule has 0 N–H and O–H groups in total. The number of hydrogen-bond acceptors (Lipinski definition) is 1. The molecule has 6 heteroatoms. The van der Waals surface area contributed by atoms with Crippen molar-refractivity contribution in [3.05, 3.63) is 17.0 Å². The Hall–Kier alpha value is -1.07. The van der Waals surface area contributed by atoms with Crippen LogP contribution < -0.4 is 0 Å². The SMILES string of the molecule is C[C@@H]1c2c(C(F)F)nn(C(C)(C)C)c2C(F)(F)[C@@H]1C. The molecule has 1 heterocycles. The Bertz CT molecular complexity index is 499. The molecule has 0 fully saturated rings. The van der Waals surface area contributed by atoms with Gasteiger partial charge < -0.3 is 0 Å². The molecule has 0 bridgehead atoms. The first-order chi connectivity index (χ1) is 8.49. The summed E-state index contributed by atoms with van der Waals surface area (Å²) in [6.07, 6.45) is -2.83. The number of nitrogens with zero attached hydrogens (tertiary/aromatic N) is 2. The van der Waals surface area contributed by atoms with Crippen LogP contribution in [-0.4, -0.2) is 9.78 Å². The van der Waals surface area contributed by atoms with Gasteiger partial charge in [0.2, 0.25) is 0 Å². The summed E-state index contributed by atoms with van der Waals surface area (Å²) in [5, 5.41) is 3.77. The topological polar surface area (TPSA) is 17.8 Å². The second kappa shape index (κ2) is 3.96. The molecule has 0 spiro atoms. The van der Waals surface area contributed by atoms with Crippen LogP contribution in [0.3, 0.4) is 0 Å². The maximum atomic E-state index is 14.3. The van der Waals surface area contributed by atoms with Crippen LogP contribution in [0, 0.1) is 5.92 Å². The van der Waals surface area contributed by atoms with Crippen molar-refractivity contribution in [2.45, 2.75) is 58.4 Å². The summed E-state index contributed by atoms with van der Waals surface area (Å²) in [4.78, 5) is 0. The lowest BCUT2D eigenvalue weighted by Crippen LogP contribution is -2.31. The lowest BCUT2D eigenvalue weighted by molar-refractivity contribution is -0.0615. The van der Waals surface area contributed by atoms with Crippen LogP contribution in [0.2, 0.25) is 0 Å². The van der Waals surface area contributed by atoms with Crippen molar-refractivity contribution in [2.24, 2.45) is 5.92 Å². The summed E-state index contributed by atoms with van der Waals surface area (Å²) in [5.41, 5.74) is -1.57. The second-order valence-electron chi connectivity index (χ2n) is 6.23. The maximum Gasteiger partial charge on any atom is 0.292 e. The van der Waals surface area contributed by atoms with Crippen molar-refractivity contribution in [1.29, 1.82) is 0 Å². The van der Waals surface area contributed by atoms with Crippen LogP contribution >= 0.6 is 0 Å². The molecule has 2 nitrogen and oxygen atoms in total. The van der Waals surface area contributed by atoms with E-state index in [1.165, 1.54) is 6.92 Å². The third kappa shape index (κ3) is 1.87. The van der Waals surface area contributed by atoms with Crippen molar-refractivity contribution in [2.75, 3.05) is 0 Å². The fourth-order valence-corrected chi connectivity index (χ4v) is 2.64. The van der Waals surface area contributed by atoms with Crippen LogP contribution in [0.1, 0.15) is 63.9 Å². The fourth-order valence-electron chi connectivity index (χ4n) is 2.64. The van der Waals surface area contributed by atoms with Gasteiger partial charge in [0.05, 0.1) is 5.54 Å². The normalized spacial score (nSPS) is 26.0. The van der Waals surface area contributed by atoms with Gasteiger partial charge >= 0.3 is 0 Å². The van der Waals surface area contributed by atoms with E-state index in [9.17, 15) is 17.6 Å². The highest BCUT2D eigenvalue weighted by molar-refractivity contribution is 5.40. The molecule has 0 saturated carbocycles. The van der Waals surface area contributed by atoms with E-state index in [0.29, 0.717) is 0 Å². The van der Waals surface area contributed by atoms with Gasteiger partial charge in [-0.25, -0.2) is 8.78 Å². The standard InChI is InChI=1S/C13H18F4N2/c1-6-7(2)13(16,17)10-8(6)9(11(14)15)18-19(10)12(3,4)5/h6-7,11H,1-5H3/t6-,7+/m0/s1. The molecule has 0 amide bonds. The average molecular weight is 278 g/mol. The Kier molecular flexibility index (Phi) is 2.99. The highest BCUT2D eigenvalue weighted by Gasteiger charge is 2.56. The molecule has 2 rings (SSSR count). The number of alkyl halides is 4. The average Bonchev–Trinajstić information content (AvgIpc) is 2.72. The zero-order valence-electron chi connectivity index (χ0n) is 11.6. The lowest BCUT2D eigenvalue weighted by atomic mass is 9.94. The zero-order valence-corrected chi connectivity index (χ0v) is 11.6. The van der Waals surface area contributed by atoms with Gasteiger partial charge in [-0.15, -0.1) is 0 Å². The molecule has 1 aliphatic carbocycles. The molecular formula is C13H18F4N2. The predicted octanol–water partition coefficient (Wildman–Crippen LogP) is 4.42. The monoisotopic (exact) mass is 278 g/mol. The number of hydrogen-bond donors (Lipinski definition) is 0. The van der Waals surface area contributed by atoms with Gasteiger partial charge in [-0.1, -0.05) is 13.8 Å². The largest absolute Gasteiger partial charge is 0.292 e. The number of fused-ring (bicyclic) bond motifs is 1. The van der Waals surface area contributed by atoms with Gasteiger partial charge in [0, 0.05) is 11.5 Å². The Morgan fingerprint density at radius 3 is 2.16 bits per heavy atom. The summed E-state index contributed by atoms with van der Waals surface area (Å²) in [7, 11) is 0.